The molecule has 3 aromatic carbocycles. The van der Waals surface area contributed by atoms with Gasteiger partial charge in [0.25, 0.3) is 0 Å². The summed E-state index contributed by atoms with van der Waals surface area (Å²) in [5.41, 5.74) is 3.45. The summed E-state index contributed by atoms with van der Waals surface area (Å²) in [5, 5.41) is 14.9. The van der Waals surface area contributed by atoms with Gasteiger partial charge in [-0.05, 0) is 29.5 Å². The van der Waals surface area contributed by atoms with Crippen LogP contribution in [0.1, 0.15) is 12.0 Å². The van der Waals surface area contributed by atoms with Gasteiger partial charge in [-0.3, -0.25) is 14.4 Å². The number of benzene rings is 3. The first-order valence-corrected chi connectivity index (χ1v) is 15.9. The molecule has 0 radical (unpaired) electrons. The smallest absolute Gasteiger partial charge is 0.330 e. The van der Waals surface area contributed by atoms with Crippen LogP contribution in [0.3, 0.4) is 0 Å². The van der Waals surface area contributed by atoms with Gasteiger partial charge in [0.05, 0.1) is 43.6 Å². The summed E-state index contributed by atoms with van der Waals surface area (Å²) in [6.45, 7) is 5.00. The molecule has 2 N–H and O–H groups in total. The van der Waals surface area contributed by atoms with Crippen molar-refractivity contribution >= 4 is 61.8 Å². The lowest BCUT2D eigenvalue weighted by molar-refractivity contribution is -0.138. The maximum atomic E-state index is 12.6. The van der Waals surface area contributed by atoms with Gasteiger partial charge in [0.15, 0.2) is 0 Å². The lowest BCUT2D eigenvalue weighted by Crippen LogP contribution is -2.37. The van der Waals surface area contributed by atoms with Crippen LogP contribution in [0.5, 0.6) is 0 Å². The number of nitrogens with one attached hydrogen (secondary N) is 2. The molecule has 7 rings (SSSR count). The quantitative estimate of drug-likeness (QED) is 0.112. The number of ether oxygens (including phenoxy) is 2. The third kappa shape index (κ3) is 7.30. The fraction of sp³-hybridized carbons (Fsp3) is 0.222. The summed E-state index contributed by atoms with van der Waals surface area (Å²) < 4.78 is 12.5. The molecule has 1 aliphatic heterocycles. The number of nitrogens with zero attached hydrogens (tertiary/aromatic N) is 6. The molecule has 3 aromatic heterocycles. The van der Waals surface area contributed by atoms with Crippen LogP contribution in [0, 0.1) is 0 Å². The van der Waals surface area contributed by atoms with Crippen LogP contribution in [0.4, 0.5) is 17.3 Å². The molecule has 6 aromatic rings. The third-order valence-electron chi connectivity index (χ3n) is 8.13. The van der Waals surface area contributed by atoms with E-state index in [1.54, 1.807) is 12.3 Å². The molecule has 0 atom stereocenters. The number of morpholine rings is 1. The van der Waals surface area contributed by atoms with Crippen molar-refractivity contribution in [3.63, 3.8) is 0 Å². The number of amides is 1. The second-order valence-corrected chi connectivity index (χ2v) is 11.4. The van der Waals surface area contributed by atoms with Gasteiger partial charge in [0.1, 0.15) is 18.0 Å². The lowest BCUT2D eigenvalue weighted by Gasteiger charge is -2.26. The van der Waals surface area contributed by atoms with Crippen LogP contribution in [-0.2, 0) is 25.6 Å². The number of hydrogen-bond acceptors (Lipinski definition) is 10. The monoisotopic (exact) mass is 642 g/mol. The number of esters is 1. The maximum Gasteiger partial charge on any atom is 0.330 e. The molecule has 48 heavy (non-hydrogen) atoms. The highest BCUT2D eigenvalue weighted by atomic mass is 16.5. The van der Waals surface area contributed by atoms with Crippen molar-refractivity contribution in [2.75, 3.05) is 50.1 Å². The summed E-state index contributed by atoms with van der Waals surface area (Å²) in [4.78, 5) is 40.2. The van der Waals surface area contributed by atoms with Crippen molar-refractivity contribution < 1.29 is 19.1 Å². The zero-order chi connectivity index (χ0) is 32.7. The van der Waals surface area contributed by atoms with Crippen LogP contribution in [-0.4, -0.2) is 81.0 Å². The fourth-order valence-corrected chi connectivity index (χ4v) is 5.77. The van der Waals surface area contributed by atoms with E-state index in [4.69, 9.17) is 14.6 Å². The Labute approximate surface area is 276 Å². The molecule has 0 unspecified atom stereocenters. The number of pyridine rings is 1. The van der Waals surface area contributed by atoms with Crippen LogP contribution >= 0.6 is 0 Å². The van der Waals surface area contributed by atoms with Crippen molar-refractivity contribution in [1.29, 1.82) is 0 Å². The molecule has 1 aliphatic rings. The molecule has 0 bridgehead atoms. The molecule has 0 spiro atoms. The minimum absolute atomic E-state index is 0.280. The Morgan fingerprint density at radius 2 is 1.69 bits per heavy atom. The molecule has 0 aliphatic carbocycles. The Morgan fingerprint density at radius 1 is 0.875 bits per heavy atom. The number of carbonyl (C=O) groups excluding carboxylic acids is 2. The molecule has 12 heteroatoms. The van der Waals surface area contributed by atoms with Gasteiger partial charge in [-0.15, -0.1) is 0 Å². The van der Waals surface area contributed by atoms with Gasteiger partial charge in [-0.1, -0.05) is 54.6 Å². The summed E-state index contributed by atoms with van der Waals surface area (Å²) >= 11 is 0. The number of hydrogen-bond donors (Lipinski definition) is 2. The number of aromatic nitrogens is 5. The van der Waals surface area contributed by atoms with Gasteiger partial charge in [-0.25, -0.2) is 19.7 Å². The van der Waals surface area contributed by atoms with Gasteiger partial charge < -0.3 is 20.1 Å². The van der Waals surface area contributed by atoms with Gasteiger partial charge in [0, 0.05) is 59.8 Å². The van der Waals surface area contributed by atoms with Crippen molar-refractivity contribution in [2.45, 2.75) is 13.0 Å². The molecule has 1 saturated heterocycles. The predicted octanol–water partition coefficient (Wildman–Crippen LogP) is 5.08. The zero-order valence-electron chi connectivity index (χ0n) is 26.2. The SMILES string of the molecule is O=C(C=CC(=O)OCCCN1CCOCC1)Nc1cc2c(Nc3cc4nn(Cc5ccccc5)cc4c4ccccc34)ncnc2cn1. The highest BCUT2D eigenvalue weighted by molar-refractivity contribution is 6.13. The predicted molar refractivity (Wildman–Crippen MR) is 184 cm³/mol. The van der Waals surface area contributed by atoms with E-state index in [-0.39, 0.29) is 12.4 Å². The number of fused-ring (bicyclic) bond motifs is 4. The highest BCUT2D eigenvalue weighted by Crippen LogP contribution is 2.34. The van der Waals surface area contributed by atoms with Crippen LogP contribution in [0.15, 0.2) is 97.6 Å². The molecule has 0 saturated carbocycles. The van der Waals surface area contributed by atoms with Crippen molar-refractivity contribution in [2.24, 2.45) is 0 Å². The molecule has 12 nitrogen and oxygen atoms in total. The highest BCUT2D eigenvalue weighted by Gasteiger charge is 2.14. The van der Waals surface area contributed by atoms with Crippen molar-refractivity contribution in [3.05, 3.63) is 103 Å². The molecular formula is C36H34N8O4. The van der Waals surface area contributed by atoms with Crippen molar-refractivity contribution in [1.82, 2.24) is 29.6 Å². The van der Waals surface area contributed by atoms with E-state index in [2.05, 4.69) is 60.9 Å². The molecular weight excluding hydrogens is 608 g/mol. The molecule has 4 heterocycles. The number of rotatable bonds is 11. The minimum Gasteiger partial charge on any atom is -0.462 e. The number of carbonyl (C=O) groups is 2. The average Bonchev–Trinajstić information content (AvgIpc) is 3.53. The van der Waals surface area contributed by atoms with E-state index in [9.17, 15) is 9.59 Å². The van der Waals surface area contributed by atoms with Crippen LogP contribution < -0.4 is 10.6 Å². The summed E-state index contributed by atoms with van der Waals surface area (Å²) in [7, 11) is 0. The maximum absolute atomic E-state index is 12.6. The Bertz CT molecular complexity index is 2110. The first-order valence-electron chi connectivity index (χ1n) is 15.9. The topological polar surface area (TPSA) is 136 Å². The van der Waals surface area contributed by atoms with Gasteiger partial charge in [-0.2, -0.15) is 5.10 Å². The van der Waals surface area contributed by atoms with E-state index >= 15 is 0 Å². The fourth-order valence-electron chi connectivity index (χ4n) is 5.77. The van der Waals surface area contributed by atoms with E-state index < -0.39 is 11.9 Å². The second-order valence-electron chi connectivity index (χ2n) is 11.4. The summed E-state index contributed by atoms with van der Waals surface area (Å²) in [6.07, 6.45) is 8.08. The third-order valence-corrected chi connectivity index (χ3v) is 8.13. The van der Waals surface area contributed by atoms with E-state index in [0.717, 1.165) is 72.4 Å². The standard InChI is InChI=1S/C36H34N8O4/c45-34(11-12-35(46)48-16-6-13-43-14-17-47-18-15-43)41-33-19-28-32(21-37-33)38-24-39-36(28)40-30-20-31-29(26-9-4-5-10-27(26)30)23-44(42-31)22-25-7-2-1-3-8-25/h1-5,7-12,19-21,23-24H,6,13-18,22H2,(H,37,41,45)(H,38,39,40). The Kier molecular flexibility index (Phi) is 9.25. The molecule has 1 fully saturated rings. The summed E-state index contributed by atoms with van der Waals surface area (Å²) in [5.74, 6) is -0.259. The first kappa shape index (κ1) is 30.9. The largest absolute Gasteiger partial charge is 0.462 e. The van der Waals surface area contributed by atoms with E-state index in [1.807, 2.05) is 41.1 Å². The van der Waals surface area contributed by atoms with Crippen molar-refractivity contribution in [3.8, 4) is 0 Å². The Morgan fingerprint density at radius 3 is 2.54 bits per heavy atom. The van der Waals surface area contributed by atoms with Crippen LogP contribution in [0.2, 0.25) is 0 Å². The lowest BCUT2D eigenvalue weighted by atomic mass is 10.0. The summed E-state index contributed by atoms with van der Waals surface area (Å²) in [6, 6.07) is 22.1. The zero-order valence-corrected chi connectivity index (χ0v) is 26.2. The van der Waals surface area contributed by atoms with Crippen LogP contribution in [0.25, 0.3) is 32.6 Å². The Hall–Kier alpha value is -5.72. The Balaban J connectivity index is 1.05. The molecule has 1 amide bonds. The normalized spacial score (nSPS) is 13.8. The minimum atomic E-state index is -0.576. The first-order chi connectivity index (χ1) is 23.6. The van der Waals surface area contributed by atoms with Gasteiger partial charge in [0.2, 0.25) is 5.91 Å². The average molecular weight is 643 g/mol. The molecule has 242 valence electrons. The van der Waals surface area contributed by atoms with E-state index in [0.29, 0.717) is 29.7 Å². The van der Waals surface area contributed by atoms with E-state index in [1.165, 1.54) is 11.9 Å². The second kappa shape index (κ2) is 14.4. The number of anilines is 3. The van der Waals surface area contributed by atoms with Gasteiger partial charge >= 0.3 is 5.97 Å².